The molecule has 0 fully saturated rings. The average molecular weight is 276 g/mol. The average Bonchev–Trinajstić information content (AvgIpc) is 2.13. The molecular formula is C14H32O3Si. The maximum atomic E-state index is 6.21. The molecule has 0 N–H and O–H groups in total. The van der Waals surface area contributed by atoms with Crippen LogP contribution in [0, 0.1) is 0 Å². The van der Waals surface area contributed by atoms with Crippen molar-refractivity contribution in [2.75, 3.05) is 0 Å². The van der Waals surface area contributed by atoms with Gasteiger partial charge in [-0.2, -0.15) is 0 Å². The van der Waals surface area contributed by atoms with Gasteiger partial charge in [0.25, 0.3) is 0 Å². The van der Waals surface area contributed by atoms with Gasteiger partial charge in [0, 0.05) is 23.4 Å². The van der Waals surface area contributed by atoms with Crippen LogP contribution in [0.15, 0.2) is 0 Å². The minimum Gasteiger partial charge on any atom is -0.371 e. The summed E-state index contributed by atoms with van der Waals surface area (Å²) in [4.78, 5) is 0. The fourth-order valence-corrected chi connectivity index (χ4v) is 5.13. The lowest BCUT2D eigenvalue weighted by Crippen LogP contribution is -2.57. The van der Waals surface area contributed by atoms with Gasteiger partial charge in [-0.05, 0) is 48.0 Å². The minimum absolute atomic E-state index is 0.0776. The van der Waals surface area contributed by atoms with E-state index in [4.69, 9.17) is 13.3 Å². The van der Waals surface area contributed by atoms with Crippen molar-refractivity contribution < 1.29 is 13.3 Å². The summed E-state index contributed by atoms with van der Waals surface area (Å²) >= 11 is 0. The first-order valence-electron chi connectivity index (χ1n) is 7.09. The van der Waals surface area contributed by atoms with Gasteiger partial charge in [0.2, 0.25) is 0 Å². The van der Waals surface area contributed by atoms with E-state index >= 15 is 0 Å². The molecule has 0 radical (unpaired) electrons. The van der Waals surface area contributed by atoms with Crippen LogP contribution in [0.5, 0.6) is 0 Å². The summed E-state index contributed by atoms with van der Waals surface area (Å²) in [7, 11) is -2.71. The Morgan fingerprint density at radius 2 is 1.06 bits per heavy atom. The number of rotatable bonds is 8. The molecule has 0 saturated carbocycles. The monoisotopic (exact) mass is 276 g/mol. The van der Waals surface area contributed by atoms with Gasteiger partial charge in [0.1, 0.15) is 0 Å². The van der Waals surface area contributed by atoms with E-state index < -0.39 is 8.80 Å². The maximum absolute atomic E-state index is 6.21. The van der Waals surface area contributed by atoms with Gasteiger partial charge >= 0.3 is 8.80 Å². The molecule has 3 nitrogen and oxygen atoms in total. The van der Waals surface area contributed by atoms with Crippen molar-refractivity contribution in [3.05, 3.63) is 0 Å². The molecule has 0 unspecified atom stereocenters. The molecule has 0 aliphatic carbocycles. The molecule has 0 aromatic carbocycles. The van der Waals surface area contributed by atoms with Crippen molar-refractivity contribution in [1.82, 2.24) is 0 Å². The largest absolute Gasteiger partial charge is 0.507 e. The Bertz CT molecular complexity index is 211. The highest BCUT2D eigenvalue weighted by atomic mass is 28.4. The Morgan fingerprint density at radius 3 is 1.22 bits per heavy atom. The van der Waals surface area contributed by atoms with Gasteiger partial charge in [-0.1, -0.05) is 20.8 Å². The number of hydrogen-bond donors (Lipinski definition) is 0. The summed E-state index contributed by atoms with van der Waals surface area (Å²) in [6.45, 7) is 18.8. The van der Waals surface area contributed by atoms with E-state index in [1.54, 1.807) is 0 Å². The molecular weight excluding hydrogens is 244 g/mol. The first-order valence-corrected chi connectivity index (χ1v) is 8.82. The molecule has 0 saturated heterocycles. The van der Waals surface area contributed by atoms with E-state index in [2.05, 4.69) is 20.8 Å². The third kappa shape index (κ3) is 5.00. The first kappa shape index (κ1) is 18.1. The Labute approximate surface area is 115 Å². The zero-order valence-corrected chi connectivity index (χ0v) is 14.7. The standard InChI is InChI=1S/C14H32O3Si/c1-10-14(8,9)18(15-11(2)3,16-12(4)5)17-13(6)7/h11-13H,10H2,1-9H3. The van der Waals surface area contributed by atoms with Gasteiger partial charge in [0.05, 0.1) is 0 Å². The number of hydrogen-bond acceptors (Lipinski definition) is 3. The Morgan fingerprint density at radius 1 is 0.778 bits per heavy atom. The smallest absolute Gasteiger partial charge is 0.371 e. The Balaban J connectivity index is 5.38. The summed E-state index contributed by atoms with van der Waals surface area (Å²) in [6.07, 6.45) is 1.31. The first-order chi connectivity index (χ1) is 8.06. The molecule has 0 amide bonds. The third-order valence-electron chi connectivity index (χ3n) is 2.89. The summed E-state index contributed by atoms with van der Waals surface area (Å²) in [5, 5.41) is -0.0776. The summed E-state index contributed by atoms with van der Waals surface area (Å²) in [5.74, 6) is 0. The highest BCUT2D eigenvalue weighted by Crippen LogP contribution is 2.44. The van der Waals surface area contributed by atoms with Crippen LogP contribution in [0.3, 0.4) is 0 Å². The van der Waals surface area contributed by atoms with Gasteiger partial charge in [-0.25, -0.2) is 0 Å². The molecule has 0 aliphatic heterocycles. The van der Waals surface area contributed by atoms with Crippen LogP contribution < -0.4 is 0 Å². The lowest BCUT2D eigenvalue weighted by molar-refractivity contribution is -0.0154. The maximum Gasteiger partial charge on any atom is 0.507 e. The Kier molecular flexibility index (Phi) is 7.07. The van der Waals surface area contributed by atoms with Crippen LogP contribution in [-0.2, 0) is 13.3 Å². The van der Waals surface area contributed by atoms with Gasteiger partial charge in [-0.3, -0.25) is 0 Å². The van der Waals surface area contributed by atoms with Crippen molar-refractivity contribution in [3.63, 3.8) is 0 Å². The van der Waals surface area contributed by atoms with E-state index in [0.29, 0.717) is 0 Å². The molecule has 0 heterocycles. The highest BCUT2D eigenvalue weighted by Gasteiger charge is 2.56. The lowest BCUT2D eigenvalue weighted by atomic mass is 10.1. The van der Waals surface area contributed by atoms with Crippen LogP contribution >= 0.6 is 0 Å². The van der Waals surface area contributed by atoms with E-state index in [1.807, 2.05) is 41.5 Å². The van der Waals surface area contributed by atoms with E-state index in [9.17, 15) is 0 Å². The molecule has 0 atom stereocenters. The van der Waals surface area contributed by atoms with Crippen LogP contribution in [0.2, 0.25) is 5.04 Å². The minimum atomic E-state index is -2.71. The molecule has 0 spiro atoms. The van der Waals surface area contributed by atoms with Crippen LogP contribution in [0.4, 0.5) is 0 Å². The third-order valence-corrected chi connectivity index (χ3v) is 7.24. The van der Waals surface area contributed by atoms with Gasteiger partial charge in [0.15, 0.2) is 0 Å². The quantitative estimate of drug-likeness (QED) is 0.615. The van der Waals surface area contributed by atoms with Crippen molar-refractivity contribution >= 4 is 8.80 Å². The zero-order chi connectivity index (χ0) is 14.6. The van der Waals surface area contributed by atoms with E-state index in [-0.39, 0.29) is 23.4 Å². The normalized spacial score (nSPS) is 14.0. The SMILES string of the molecule is CCC(C)(C)[Si](OC(C)C)(OC(C)C)OC(C)C. The summed E-state index contributed by atoms with van der Waals surface area (Å²) in [5.41, 5.74) is 0. The van der Waals surface area contributed by atoms with Crippen molar-refractivity contribution in [1.29, 1.82) is 0 Å². The Hall–Kier alpha value is 0.0969. The molecule has 4 heteroatoms. The fraction of sp³-hybridized carbons (Fsp3) is 1.00. The van der Waals surface area contributed by atoms with Gasteiger partial charge in [-0.15, -0.1) is 0 Å². The molecule has 0 bridgehead atoms. The molecule has 110 valence electrons. The second-order valence-corrected chi connectivity index (χ2v) is 9.47. The summed E-state index contributed by atoms with van der Waals surface area (Å²) in [6, 6.07) is 0. The van der Waals surface area contributed by atoms with Crippen molar-refractivity contribution in [2.24, 2.45) is 0 Å². The molecule has 18 heavy (non-hydrogen) atoms. The van der Waals surface area contributed by atoms with Gasteiger partial charge < -0.3 is 13.3 Å². The van der Waals surface area contributed by atoms with E-state index in [1.165, 1.54) is 0 Å². The second kappa shape index (κ2) is 7.03. The van der Waals surface area contributed by atoms with Crippen LogP contribution in [0.25, 0.3) is 0 Å². The second-order valence-electron chi connectivity index (χ2n) is 6.29. The fourth-order valence-electron chi connectivity index (χ4n) is 1.71. The highest BCUT2D eigenvalue weighted by molar-refractivity contribution is 6.64. The molecule has 0 rings (SSSR count). The lowest BCUT2D eigenvalue weighted by Gasteiger charge is -2.44. The molecule has 0 aromatic rings. The summed E-state index contributed by atoms with van der Waals surface area (Å²) < 4.78 is 18.6. The molecule has 0 aromatic heterocycles. The van der Waals surface area contributed by atoms with Crippen molar-refractivity contribution in [3.8, 4) is 0 Å². The predicted molar refractivity (Wildman–Crippen MR) is 78.7 cm³/mol. The van der Waals surface area contributed by atoms with Crippen LogP contribution in [0.1, 0.15) is 68.7 Å². The molecule has 0 aliphatic rings. The van der Waals surface area contributed by atoms with Crippen LogP contribution in [-0.4, -0.2) is 27.1 Å². The zero-order valence-electron chi connectivity index (χ0n) is 13.7. The predicted octanol–water partition coefficient (Wildman–Crippen LogP) is 4.39. The van der Waals surface area contributed by atoms with Crippen molar-refractivity contribution in [2.45, 2.75) is 92.1 Å². The topological polar surface area (TPSA) is 27.7 Å². The van der Waals surface area contributed by atoms with E-state index in [0.717, 1.165) is 6.42 Å².